The summed E-state index contributed by atoms with van der Waals surface area (Å²) in [6.45, 7) is 1.41. The molecule has 4 rings (SSSR count). The molecule has 0 unspecified atom stereocenters. The summed E-state index contributed by atoms with van der Waals surface area (Å²) in [5, 5.41) is 0.556. The summed E-state index contributed by atoms with van der Waals surface area (Å²) in [6.07, 6.45) is 5.68. The van der Waals surface area contributed by atoms with E-state index in [1.807, 2.05) is 12.1 Å². The van der Waals surface area contributed by atoms with Gasteiger partial charge in [-0.05, 0) is 82.0 Å². The van der Waals surface area contributed by atoms with Gasteiger partial charge in [-0.15, -0.1) is 0 Å². The zero-order chi connectivity index (χ0) is 24.9. The smallest absolute Gasteiger partial charge is 0.294 e. The van der Waals surface area contributed by atoms with Crippen LogP contribution in [0.4, 0.5) is 4.79 Å². The third-order valence-corrected chi connectivity index (χ3v) is 7.77. The van der Waals surface area contributed by atoms with Gasteiger partial charge in [0.1, 0.15) is 13.2 Å². The molecule has 0 atom stereocenters. The zero-order valence-corrected chi connectivity index (χ0v) is 22.7. The van der Waals surface area contributed by atoms with Crippen molar-refractivity contribution in [2.75, 3.05) is 19.6 Å². The first-order valence-corrected chi connectivity index (χ1v) is 13.6. The maximum atomic E-state index is 12.9. The lowest BCUT2D eigenvalue weighted by atomic mass is 10.2. The topological polar surface area (TPSA) is 66.9 Å². The first kappa shape index (κ1) is 26.1. The molecule has 6 nitrogen and oxygen atoms in total. The number of carbonyl (C=O) groups is 3. The van der Waals surface area contributed by atoms with Crippen molar-refractivity contribution in [2.45, 2.75) is 32.3 Å². The summed E-state index contributed by atoms with van der Waals surface area (Å²) in [5.74, 6) is -0.197. The molecule has 2 aliphatic heterocycles. The molecule has 0 bridgehead atoms. The summed E-state index contributed by atoms with van der Waals surface area (Å²) >= 11 is 16.7. The van der Waals surface area contributed by atoms with Crippen LogP contribution in [0.3, 0.4) is 0 Å². The van der Waals surface area contributed by atoms with Gasteiger partial charge < -0.3 is 9.64 Å². The van der Waals surface area contributed by atoms with Gasteiger partial charge in [-0.25, -0.2) is 0 Å². The maximum absolute atomic E-state index is 12.9. The molecule has 2 heterocycles. The van der Waals surface area contributed by atoms with Gasteiger partial charge in [-0.3, -0.25) is 19.3 Å². The fraction of sp³-hybridized carbons (Fsp3) is 0.320. The molecule has 0 radical (unpaired) electrons. The second kappa shape index (κ2) is 11.8. The van der Waals surface area contributed by atoms with Crippen molar-refractivity contribution < 1.29 is 19.1 Å². The molecule has 2 saturated heterocycles. The van der Waals surface area contributed by atoms with Crippen molar-refractivity contribution in [1.29, 1.82) is 0 Å². The number of imide groups is 1. The minimum atomic E-state index is -0.474. The summed E-state index contributed by atoms with van der Waals surface area (Å²) in [4.78, 5) is 41.1. The highest BCUT2D eigenvalue weighted by Crippen LogP contribution is 2.38. The number of hydrogen-bond acceptors (Lipinski definition) is 5. The van der Waals surface area contributed by atoms with Gasteiger partial charge in [-0.2, -0.15) is 0 Å². The number of likely N-dealkylation sites (tertiary alicyclic amines) is 1. The Morgan fingerprint density at radius 1 is 1.06 bits per heavy atom. The van der Waals surface area contributed by atoms with Gasteiger partial charge >= 0.3 is 0 Å². The Bertz CT molecular complexity index is 1140. The number of nitrogens with zero attached hydrogens (tertiary/aromatic N) is 2. The van der Waals surface area contributed by atoms with Crippen LogP contribution in [0.25, 0.3) is 6.08 Å². The second-order valence-electron chi connectivity index (χ2n) is 8.29. The molecule has 184 valence electrons. The van der Waals surface area contributed by atoms with Crippen molar-refractivity contribution in [3.63, 3.8) is 0 Å². The fourth-order valence-electron chi connectivity index (χ4n) is 3.88. The second-order valence-corrected chi connectivity index (χ2v) is 11.0. The standard InChI is InChI=1S/C25H23BrCl2N2O4S/c26-19-11-17(12-20(28)23(19)34-15-16-5-7-18(27)8-6-16)13-21-24(32)30(25(33)35-21)14-22(31)29-9-3-1-2-4-10-29/h5-8,11-13H,1-4,9-10,14-15H2. The largest absolute Gasteiger partial charge is 0.486 e. The Kier molecular flexibility index (Phi) is 8.81. The molecule has 10 heteroatoms. The number of amides is 3. The van der Waals surface area contributed by atoms with Gasteiger partial charge in [0.15, 0.2) is 5.75 Å². The lowest BCUT2D eigenvalue weighted by Gasteiger charge is -2.22. The number of thioether (sulfide) groups is 1. The maximum Gasteiger partial charge on any atom is 0.294 e. The van der Waals surface area contributed by atoms with Crippen LogP contribution in [0, 0.1) is 0 Å². The number of rotatable bonds is 6. The lowest BCUT2D eigenvalue weighted by molar-refractivity contribution is -0.135. The van der Waals surface area contributed by atoms with Gasteiger partial charge in [0.2, 0.25) is 5.91 Å². The van der Waals surface area contributed by atoms with E-state index in [2.05, 4.69) is 15.9 Å². The Morgan fingerprint density at radius 3 is 2.40 bits per heavy atom. The Balaban J connectivity index is 1.44. The van der Waals surface area contributed by atoms with E-state index in [1.54, 1.807) is 35.2 Å². The van der Waals surface area contributed by atoms with Crippen molar-refractivity contribution in [3.8, 4) is 5.75 Å². The van der Waals surface area contributed by atoms with E-state index in [9.17, 15) is 14.4 Å². The lowest BCUT2D eigenvalue weighted by Crippen LogP contribution is -2.42. The Labute approximate surface area is 226 Å². The van der Waals surface area contributed by atoms with E-state index in [0.29, 0.717) is 45.5 Å². The van der Waals surface area contributed by atoms with E-state index in [-0.39, 0.29) is 17.4 Å². The minimum Gasteiger partial charge on any atom is -0.486 e. The molecule has 2 aromatic carbocycles. The molecule has 2 aliphatic rings. The van der Waals surface area contributed by atoms with Crippen LogP contribution in [0.5, 0.6) is 5.75 Å². The molecule has 0 N–H and O–H groups in total. The first-order valence-electron chi connectivity index (χ1n) is 11.2. The number of benzene rings is 2. The van der Waals surface area contributed by atoms with E-state index in [0.717, 1.165) is 47.9 Å². The Hall–Kier alpha value is -2.00. The summed E-state index contributed by atoms with van der Waals surface area (Å²) < 4.78 is 6.48. The van der Waals surface area contributed by atoms with Crippen molar-refractivity contribution >= 4 is 74.0 Å². The number of carbonyl (C=O) groups excluding carboxylic acids is 3. The molecule has 0 saturated carbocycles. The van der Waals surface area contributed by atoms with Gasteiger partial charge in [0.25, 0.3) is 11.1 Å². The van der Waals surface area contributed by atoms with Crippen LogP contribution in [-0.2, 0) is 16.2 Å². The number of hydrogen-bond donors (Lipinski definition) is 0. The highest BCUT2D eigenvalue weighted by atomic mass is 79.9. The third kappa shape index (κ3) is 6.61. The number of halogens is 3. The molecular weight excluding hydrogens is 575 g/mol. The monoisotopic (exact) mass is 596 g/mol. The Morgan fingerprint density at radius 2 is 1.74 bits per heavy atom. The first-order chi connectivity index (χ1) is 16.8. The average Bonchev–Trinajstić information content (AvgIpc) is 3.01. The van der Waals surface area contributed by atoms with Crippen LogP contribution >= 0.6 is 50.9 Å². The summed E-state index contributed by atoms with van der Waals surface area (Å²) in [7, 11) is 0. The van der Waals surface area contributed by atoms with E-state index < -0.39 is 11.1 Å². The van der Waals surface area contributed by atoms with Crippen LogP contribution in [0.15, 0.2) is 45.8 Å². The minimum absolute atomic E-state index is 0.191. The van der Waals surface area contributed by atoms with E-state index in [1.165, 1.54) is 0 Å². The van der Waals surface area contributed by atoms with Crippen LogP contribution in [0.1, 0.15) is 36.8 Å². The molecule has 0 aliphatic carbocycles. The van der Waals surface area contributed by atoms with Crippen LogP contribution in [-0.4, -0.2) is 46.5 Å². The average molecular weight is 598 g/mol. The zero-order valence-electron chi connectivity index (χ0n) is 18.8. The SMILES string of the molecule is O=C(CN1C(=O)SC(=Cc2cc(Cl)c(OCc3ccc(Cl)cc3)c(Br)c2)C1=O)N1CCCCCC1. The van der Waals surface area contributed by atoms with E-state index >= 15 is 0 Å². The number of ether oxygens (including phenoxy) is 1. The molecular formula is C25H23BrCl2N2O4S. The molecule has 0 aromatic heterocycles. The molecule has 0 spiro atoms. The van der Waals surface area contributed by atoms with Crippen molar-refractivity contribution in [3.05, 3.63) is 66.9 Å². The summed E-state index contributed by atoms with van der Waals surface area (Å²) in [6, 6.07) is 10.7. The normalized spacial score (nSPS) is 17.7. The molecule has 35 heavy (non-hydrogen) atoms. The van der Waals surface area contributed by atoms with Gasteiger partial charge in [0.05, 0.1) is 14.4 Å². The predicted molar refractivity (Wildman–Crippen MR) is 143 cm³/mol. The van der Waals surface area contributed by atoms with Gasteiger partial charge in [0, 0.05) is 18.1 Å². The fourth-order valence-corrected chi connectivity index (χ4v) is 5.83. The molecule has 2 fully saturated rings. The third-order valence-electron chi connectivity index (χ3n) is 5.74. The van der Waals surface area contributed by atoms with Crippen molar-refractivity contribution in [2.24, 2.45) is 0 Å². The van der Waals surface area contributed by atoms with Crippen LogP contribution in [0.2, 0.25) is 10.0 Å². The van der Waals surface area contributed by atoms with Gasteiger partial charge in [-0.1, -0.05) is 48.2 Å². The van der Waals surface area contributed by atoms with E-state index in [4.69, 9.17) is 27.9 Å². The molecule has 3 amide bonds. The summed E-state index contributed by atoms with van der Waals surface area (Å²) in [5.41, 5.74) is 1.56. The van der Waals surface area contributed by atoms with Crippen LogP contribution < -0.4 is 4.74 Å². The molecule has 2 aromatic rings. The highest BCUT2D eigenvalue weighted by Gasteiger charge is 2.37. The highest BCUT2D eigenvalue weighted by molar-refractivity contribution is 9.10. The quantitative estimate of drug-likeness (QED) is 0.344. The predicted octanol–water partition coefficient (Wildman–Crippen LogP) is 6.77. The van der Waals surface area contributed by atoms with Crippen molar-refractivity contribution in [1.82, 2.24) is 9.80 Å².